The lowest BCUT2D eigenvalue weighted by Gasteiger charge is -2.14. The van der Waals surface area contributed by atoms with Crippen LogP contribution in [0.4, 0.5) is 0 Å². The molecule has 1 aromatic carbocycles. The monoisotopic (exact) mass is 339 g/mol. The summed E-state index contributed by atoms with van der Waals surface area (Å²) in [5.74, 6) is 1.37. The maximum absolute atomic E-state index is 5.92. The molecule has 5 nitrogen and oxygen atoms in total. The van der Waals surface area contributed by atoms with E-state index in [2.05, 4.69) is 21.0 Å². The number of aromatic nitrogens is 2. The fourth-order valence-electron chi connectivity index (χ4n) is 2.02. The molecule has 6 heteroatoms. The highest BCUT2D eigenvalue weighted by molar-refractivity contribution is 9.10. The number of benzene rings is 1. The van der Waals surface area contributed by atoms with Gasteiger partial charge in [0.05, 0.1) is 23.0 Å². The van der Waals surface area contributed by atoms with Crippen molar-refractivity contribution in [3.8, 4) is 11.5 Å². The Balaban J connectivity index is 2.26. The Kier molecular flexibility index (Phi) is 4.67. The molecule has 0 spiro atoms. The molecule has 0 saturated carbocycles. The van der Waals surface area contributed by atoms with E-state index in [-0.39, 0.29) is 0 Å². The van der Waals surface area contributed by atoms with Crippen molar-refractivity contribution in [3.05, 3.63) is 39.6 Å². The van der Waals surface area contributed by atoms with Crippen LogP contribution in [0.25, 0.3) is 0 Å². The maximum Gasteiger partial charge on any atom is 0.166 e. The molecule has 2 aromatic rings. The third-order valence-corrected chi connectivity index (χ3v) is 4.15. The van der Waals surface area contributed by atoms with Crippen molar-refractivity contribution in [1.29, 1.82) is 0 Å². The summed E-state index contributed by atoms with van der Waals surface area (Å²) in [7, 11) is 3.51. The standard InChI is InChI=1S/C14H18BrN3O2/c1-9-13(15)11(18(2)17-9)8-20-14-10(7-16)5-4-6-12(14)19-3/h4-6H,7-8,16H2,1-3H3. The molecule has 0 atom stereocenters. The zero-order valence-corrected chi connectivity index (χ0v) is 13.4. The van der Waals surface area contributed by atoms with E-state index in [0.29, 0.717) is 24.7 Å². The number of nitrogens with two attached hydrogens (primary N) is 1. The van der Waals surface area contributed by atoms with Crippen molar-refractivity contribution < 1.29 is 9.47 Å². The summed E-state index contributed by atoms with van der Waals surface area (Å²) in [5, 5.41) is 4.34. The van der Waals surface area contributed by atoms with Gasteiger partial charge in [0.25, 0.3) is 0 Å². The van der Waals surface area contributed by atoms with Crippen molar-refractivity contribution >= 4 is 15.9 Å². The Bertz CT molecular complexity index is 588. The van der Waals surface area contributed by atoms with Crippen molar-refractivity contribution in [3.63, 3.8) is 0 Å². The van der Waals surface area contributed by atoms with Gasteiger partial charge in [-0.1, -0.05) is 12.1 Å². The molecule has 0 radical (unpaired) electrons. The fourth-order valence-corrected chi connectivity index (χ4v) is 2.47. The van der Waals surface area contributed by atoms with Crippen LogP contribution in [0.3, 0.4) is 0 Å². The first-order valence-corrected chi connectivity index (χ1v) is 7.04. The average molecular weight is 340 g/mol. The van der Waals surface area contributed by atoms with Gasteiger partial charge >= 0.3 is 0 Å². The number of para-hydroxylation sites is 1. The van der Waals surface area contributed by atoms with Gasteiger partial charge in [-0.2, -0.15) is 5.10 Å². The Labute approximate surface area is 126 Å². The predicted octanol–water partition coefficient (Wildman–Crippen LogP) is 2.54. The minimum Gasteiger partial charge on any atom is -0.493 e. The summed E-state index contributed by atoms with van der Waals surface area (Å²) in [4.78, 5) is 0. The van der Waals surface area contributed by atoms with Crippen LogP contribution in [0.5, 0.6) is 11.5 Å². The van der Waals surface area contributed by atoms with Gasteiger partial charge in [-0.3, -0.25) is 4.68 Å². The summed E-state index contributed by atoms with van der Waals surface area (Å²) < 4.78 is 14.0. The predicted molar refractivity (Wildman–Crippen MR) is 80.9 cm³/mol. The molecule has 108 valence electrons. The average Bonchev–Trinajstić information content (AvgIpc) is 2.69. The van der Waals surface area contributed by atoms with Crippen LogP contribution < -0.4 is 15.2 Å². The van der Waals surface area contributed by atoms with E-state index < -0.39 is 0 Å². The molecule has 0 aliphatic rings. The molecule has 0 aliphatic heterocycles. The summed E-state index contributed by atoms with van der Waals surface area (Å²) in [6.45, 7) is 2.74. The van der Waals surface area contributed by atoms with Gasteiger partial charge in [0.15, 0.2) is 11.5 Å². The zero-order chi connectivity index (χ0) is 14.7. The van der Waals surface area contributed by atoms with Gasteiger partial charge in [-0.25, -0.2) is 0 Å². The van der Waals surface area contributed by atoms with Gasteiger partial charge in [0.1, 0.15) is 6.61 Å². The third-order valence-electron chi connectivity index (χ3n) is 3.12. The van der Waals surface area contributed by atoms with Crippen LogP contribution in [0.1, 0.15) is 17.0 Å². The number of nitrogens with zero attached hydrogens (tertiary/aromatic N) is 2. The molecule has 2 N–H and O–H groups in total. The van der Waals surface area contributed by atoms with Crippen molar-refractivity contribution in [2.45, 2.75) is 20.1 Å². The molecule has 0 aliphatic carbocycles. The lowest BCUT2D eigenvalue weighted by molar-refractivity contribution is 0.272. The Morgan fingerprint density at radius 2 is 2.15 bits per heavy atom. The minimum atomic E-state index is 0.394. The van der Waals surface area contributed by atoms with E-state index in [4.69, 9.17) is 15.2 Å². The van der Waals surface area contributed by atoms with Crippen LogP contribution in [0.2, 0.25) is 0 Å². The Hall–Kier alpha value is -1.53. The molecule has 0 saturated heterocycles. The molecule has 0 bridgehead atoms. The van der Waals surface area contributed by atoms with E-state index >= 15 is 0 Å². The van der Waals surface area contributed by atoms with Crippen molar-refractivity contribution in [2.75, 3.05) is 7.11 Å². The summed E-state index contributed by atoms with van der Waals surface area (Å²) in [5.41, 5.74) is 8.57. The van der Waals surface area contributed by atoms with Crippen LogP contribution in [-0.2, 0) is 20.2 Å². The van der Waals surface area contributed by atoms with Crippen LogP contribution in [0.15, 0.2) is 22.7 Å². The second kappa shape index (κ2) is 6.28. The molecule has 2 rings (SSSR count). The first kappa shape index (κ1) is 14.9. The number of hydrogen-bond acceptors (Lipinski definition) is 4. The molecule has 0 fully saturated rings. The number of rotatable bonds is 5. The number of methoxy groups -OCH3 is 1. The largest absolute Gasteiger partial charge is 0.493 e. The highest BCUT2D eigenvalue weighted by atomic mass is 79.9. The molecule has 0 unspecified atom stereocenters. The highest BCUT2D eigenvalue weighted by Crippen LogP contribution is 2.32. The second-order valence-electron chi connectivity index (χ2n) is 4.41. The molecule has 1 heterocycles. The van der Waals surface area contributed by atoms with E-state index in [1.54, 1.807) is 11.8 Å². The third kappa shape index (κ3) is 2.81. The van der Waals surface area contributed by atoms with E-state index in [0.717, 1.165) is 21.4 Å². The first-order chi connectivity index (χ1) is 9.58. The first-order valence-electron chi connectivity index (χ1n) is 6.25. The Morgan fingerprint density at radius 3 is 2.70 bits per heavy atom. The van der Waals surface area contributed by atoms with Crippen LogP contribution in [0, 0.1) is 6.92 Å². The molecule has 20 heavy (non-hydrogen) atoms. The van der Waals surface area contributed by atoms with Crippen LogP contribution >= 0.6 is 15.9 Å². The Morgan fingerprint density at radius 1 is 1.40 bits per heavy atom. The number of ether oxygens (including phenoxy) is 2. The van der Waals surface area contributed by atoms with E-state index in [9.17, 15) is 0 Å². The summed E-state index contributed by atoms with van der Waals surface area (Å²) in [6, 6.07) is 5.69. The number of aryl methyl sites for hydroxylation is 2. The van der Waals surface area contributed by atoms with Gasteiger partial charge in [-0.15, -0.1) is 0 Å². The minimum absolute atomic E-state index is 0.394. The molecular weight excluding hydrogens is 322 g/mol. The fraction of sp³-hybridized carbons (Fsp3) is 0.357. The number of hydrogen-bond donors (Lipinski definition) is 1. The van der Waals surface area contributed by atoms with Gasteiger partial charge in [0, 0.05) is 19.2 Å². The normalized spacial score (nSPS) is 10.7. The SMILES string of the molecule is COc1cccc(CN)c1OCc1c(Br)c(C)nn1C. The number of halogens is 1. The van der Waals surface area contributed by atoms with Crippen LogP contribution in [-0.4, -0.2) is 16.9 Å². The zero-order valence-electron chi connectivity index (χ0n) is 11.8. The maximum atomic E-state index is 5.92. The van der Waals surface area contributed by atoms with E-state index in [1.165, 1.54) is 0 Å². The topological polar surface area (TPSA) is 62.3 Å². The highest BCUT2D eigenvalue weighted by Gasteiger charge is 2.14. The van der Waals surface area contributed by atoms with Gasteiger partial charge in [0.2, 0.25) is 0 Å². The smallest absolute Gasteiger partial charge is 0.166 e. The summed E-state index contributed by atoms with van der Waals surface area (Å²) in [6.07, 6.45) is 0. The second-order valence-corrected chi connectivity index (χ2v) is 5.20. The van der Waals surface area contributed by atoms with Crippen molar-refractivity contribution in [2.24, 2.45) is 12.8 Å². The van der Waals surface area contributed by atoms with Gasteiger partial charge in [-0.05, 0) is 28.9 Å². The van der Waals surface area contributed by atoms with Gasteiger partial charge < -0.3 is 15.2 Å². The molecule has 1 aromatic heterocycles. The van der Waals surface area contributed by atoms with E-state index in [1.807, 2.05) is 32.2 Å². The lowest BCUT2D eigenvalue weighted by atomic mass is 10.2. The molecule has 0 amide bonds. The lowest BCUT2D eigenvalue weighted by Crippen LogP contribution is -2.07. The summed E-state index contributed by atoms with van der Waals surface area (Å²) >= 11 is 3.53. The molecular formula is C14H18BrN3O2. The quantitative estimate of drug-likeness (QED) is 0.909. The van der Waals surface area contributed by atoms with Crippen molar-refractivity contribution in [1.82, 2.24) is 9.78 Å².